The van der Waals surface area contributed by atoms with Crippen molar-refractivity contribution in [2.24, 2.45) is 17.3 Å². The fraction of sp³-hybridized carbons (Fsp3) is 0.760. The van der Waals surface area contributed by atoms with Gasteiger partial charge < -0.3 is 9.80 Å². The number of nitrogens with zero attached hydrogens (tertiary/aromatic N) is 3. The van der Waals surface area contributed by atoms with E-state index in [1.165, 1.54) is 51.1 Å². The Hall–Kier alpha value is -1.67. The molecule has 2 heterocycles. The minimum Gasteiger partial charge on any atom is -0.367 e. The topological polar surface area (TPSA) is 82.6 Å². The predicted molar refractivity (Wildman–Crippen MR) is 128 cm³/mol. The molecule has 4 aliphatic rings. The molecule has 3 saturated carbocycles. The number of hydrogen-bond donors (Lipinski definition) is 1. The lowest BCUT2D eigenvalue weighted by atomic mass is 9.86. The van der Waals surface area contributed by atoms with Crippen LogP contribution in [-0.4, -0.2) is 56.9 Å². The number of anilines is 1. The van der Waals surface area contributed by atoms with Gasteiger partial charge in [-0.15, -0.1) is 0 Å². The fourth-order valence-corrected chi connectivity index (χ4v) is 7.02. The number of hydrogen-bond acceptors (Lipinski definition) is 5. The van der Waals surface area contributed by atoms with E-state index in [1.54, 1.807) is 12.3 Å². The summed E-state index contributed by atoms with van der Waals surface area (Å²) in [5.74, 6) is 1.61. The van der Waals surface area contributed by atoms with E-state index >= 15 is 0 Å². The SMILES string of the molecule is O=C(CC1CCCCC1)N1CCN(c2ccncc2S(=O)(=O)NCC2(CC3CC3)CC2)CC1. The van der Waals surface area contributed by atoms with Crippen LogP contribution in [0.5, 0.6) is 0 Å². The second-order valence-corrected chi connectivity index (χ2v) is 12.6. The number of aromatic nitrogens is 1. The highest BCUT2D eigenvalue weighted by molar-refractivity contribution is 7.89. The largest absolute Gasteiger partial charge is 0.367 e. The monoisotopic (exact) mass is 474 g/mol. The van der Waals surface area contributed by atoms with E-state index in [-0.39, 0.29) is 16.2 Å². The van der Waals surface area contributed by atoms with E-state index in [0.717, 1.165) is 25.2 Å². The summed E-state index contributed by atoms with van der Waals surface area (Å²) in [6, 6.07) is 1.80. The average Bonchev–Trinajstić information content (AvgIpc) is 3.78. The Kier molecular flexibility index (Phi) is 6.67. The first-order valence-electron chi connectivity index (χ1n) is 12.9. The molecule has 0 spiro atoms. The highest BCUT2D eigenvalue weighted by Crippen LogP contribution is 2.54. The van der Waals surface area contributed by atoms with Gasteiger partial charge in [0.25, 0.3) is 0 Å². The molecule has 0 radical (unpaired) electrons. The average molecular weight is 475 g/mol. The standard InChI is InChI=1S/C25H38N4O3S/c30-24(16-20-4-2-1-3-5-20)29-14-12-28(13-15-29)22-8-11-26-18-23(22)33(31,32)27-19-25(9-10-25)17-21-6-7-21/h8,11,18,20-21,27H,1-7,9-10,12-17,19H2. The maximum atomic E-state index is 13.2. The van der Waals surface area contributed by atoms with Gasteiger partial charge in [-0.3, -0.25) is 9.78 Å². The number of nitrogens with one attached hydrogen (secondary N) is 1. The summed E-state index contributed by atoms with van der Waals surface area (Å²) < 4.78 is 29.4. The number of carbonyl (C=O) groups excluding carboxylic acids is 1. The molecular weight excluding hydrogens is 436 g/mol. The Morgan fingerprint density at radius 2 is 1.76 bits per heavy atom. The van der Waals surface area contributed by atoms with Crippen molar-refractivity contribution < 1.29 is 13.2 Å². The minimum atomic E-state index is -3.63. The first-order chi connectivity index (χ1) is 15.9. The molecule has 8 heteroatoms. The first-order valence-corrected chi connectivity index (χ1v) is 14.4. The molecule has 1 N–H and O–H groups in total. The van der Waals surface area contributed by atoms with Gasteiger partial charge in [0.2, 0.25) is 15.9 Å². The zero-order valence-electron chi connectivity index (χ0n) is 19.7. The van der Waals surface area contributed by atoms with Gasteiger partial charge in [-0.25, -0.2) is 13.1 Å². The lowest BCUT2D eigenvalue weighted by Crippen LogP contribution is -2.49. The lowest BCUT2D eigenvalue weighted by molar-refractivity contribution is -0.132. The molecule has 5 rings (SSSR count). The quantitative estimate of drug-likeness (QED) is 0.592. The number of sulfonamides is 1. The second-order valence-electron chi connectivity index (χ2n) is 10.9. The molecule has 4 fully saturated rings. The van der Waals surface area contributed by atoms with Crippen LogP contribution in [0.2, 0.25) is 0 Å². The Morgan fingerprint density at radius 3 is 2.42 bits per heavy atom. The third-order valence-corrected chi connectivity index (χ3v) is 9.64. The van der Waals surface area contributed by atoms with Gasteiger partial charge in [-0.2, -0.15) is 0 Å². The van der Waals surface area contributed by atoms with Gasteiger partial charge in [0.05, 0.1) is 5.69 Å². The van der Waals surface area contributed by atoms with Crippen LogP contribution in [0.3, 0.4) is 0 Å². The summed E-state index contributed by atoms with van der Waals surface area (Å²) in [7, 11) is -3.63. The zero-order valence-corrected chi connectivity index (χ0v) is 20.5. The zero-order chi connectivity index (χ0) is 22.9. The van der Waals surface area contributed by atoms with Crippen molar-refractivity contribution in [3.63, 3.8) is 0 Å². The summed E-state index contributed by atoms with van der Waals surface area (Å²) in [4.78, 5) is 21.2. The van der Waals surface area contributed by atoms with Crippen LogP contribution in [0.25, 0.3) is 0 Å². The number of rotatable bonds is 9. The van der Waals surface area contributed by atoms with Crippen LogP contribution in [0, 0.1) is 17.3 Å². The Labute approximate surface area is 198 Å². The van der Waals surface area contributed by atoms with Crippen molar-refractivity contribution in [1.29, 1.82) is 0 Å². The van der Waals surface area contributed by atoms with E-state index in [2.05, 4.69) is 14.6 Å². The number of carbonyl (C=O) groups is 1. The first kappa shape index (κ1) is 23.1. The van der Waals surface area contributed by atoms with Gasteiger partial charge in [0.1, 0.15) is 4.90 Å². The maximum Gasteiger partial charge on any atom is 0.244 e. The molecule has 3 aliphatic carbocycles. The maximum absolute atomic E-state index is 13.2. The molecular formula is C25H38N4O3S. The molecule has 7 nitrogen and oxygen atoms in total. The number of amides is 1. The predicted octanol–water partition coefficient (Wildman–Crippen LogP) is 3.56. The molecule has 1 saturated heterocycles. The molecule has 1 aromatic heterocycles. The van der Waals surface area contributed by atoms with Crippen molar-refractivity contribution in [2.75, 3.05) is 37.6 Å². The summed E-state index contributed by atoms with van der Waals surface area (Å²) in [5.41, 5.74) is 0.880. The van der Waals surface area contributed by atoms with E-state index in [0.29, 0.717) is 50.7 Å². The van der Waals surface area contributed by atoms with E-state index in [4.69, 9.17) is 0 Å². The van der Waals surface area contributed by atoms with E-state index < -0.39 is 10.0 Å². The summed E-state index contributed by atoms with van der Waals surface area (Å²) in [6.07, 6.45) is 16.0. The van der Waals surface area contributed by atoms with Crippen LogP contribution in [-0.2, 0) is 14.8 Å². The van der Waals surface area contributed by atoms with Crippen molar-refractivity contribution >= 4 is 21.6 Å². The summed E-state index contributed by atoms with van der Waals surface area (Å²) >= 11 is 0. The highest BCUT2D eigenvalue weighted by atomic mass is 32.2. The Bertz CT molecular complexity index is 944. The molecule has 0 aromatic carbocycles. The van der Waals surface area contributed by atoms with Gasteiger partial charge in [0.15, 0.2) is 0 Å². The fourth-order valence-electron chi connectivity index (χ4n) is 5.70. The van der Waals surface area contributed by atoms with Crippen LogP contribution < -0.4 is 9.62 Å². The van der Waals surface area contributed by atoms with E-state index in [1.807, 2.05) is 4.90 Å². The van der Waals surface area contributed by atoms with Gasteiger partial charge in [-0.1, -0.05) is 32.1 Å². The minimum absolute atomic E-state index is 0.181. The van der Waals surface area contributed by atoms with E-state index in [9.17, 15) is 13.2 Å². The van der Waals surface area contributed by atoms with Gasteiger partial charge in [-0.05, 0) is 55.4 Å². The number of piperazine rings is 1. The smallest absolute Gasteiger partial charge is 0.244 e. The van der Waals surface area contributed by atoms with Crippen molar-refractivity contribution in [3.8, 4) is 0 Å². The molecule has 182 valence electrons. The lowest BCUT2D eigenvalue weighted by Gasteiger charge is -2.37. The van der Waals surface area contributed by atoms with Crippen LogP contribution in [0.15, 0.2) is 23.4 Å². The summed E-state index contributed by atoms with van der Waals surface area (Å²) in [5, 5.41) is 0. The van der Waals surface area contributed by atoms with Gasteiger partial charge in [0, 0.05) is 51.5 Å². The highest BCUT2D eigenvalue weighted by Gasteiger charge is 2.46. The van der Waals surface area contributed by atoms with Crippen LogP contribution >= 0.6 is 0 Å². The Balaban J connectivity index is 1.19. The van der Waals surface area contributed by atoms with Crippen molar-refractivity contribution in [3.05, 3.63) is 18.5 Å². The second kappa shape index (κ2) is 9.53. The molecule has 1 aliphatic heterocycles. The molecule has 1 amide bonds. The van der Waals surface area contributed by atoms with Crippen molar-refractivity contribution in [2.45, 2.75) is 75.5 Å². The Morgan fingerprint density at radius 1 is 1.03 bits per heavy atom. The molecule has 1 aromatic rings. The van der Waals surface area contributed by atoms with Crippen LogP contribution in [0.4, 0.5) is 5.69 Å². The number of pyridine rings is 1. The third-order valence-electron chi connectivity index (χ3n) is 8.23. The molecule has 0 atom stereocenters. The van der Waals surface area contributed by atoms with Gasteiger partial charge >= 0.3 is 0 Å². The molecule has 0 bridgehead atoms. The van der Waals surface area contributed by atoms with Crippen molar-refractivity contribution in [1.82, 2.24) is 14.6 Å². The molecule has 0 unspecified atom stereocenters. The summed E-state index contributed by atoms with van der Waals surface area (Å²) in [6.45, 7) is 3.11. The molecule has 33 heavy (non-hydrogen) atoms. The third kappa shape index (κ3) is 5.70. The van der Waals surface area contributed by atoms with Crippen LogP contribution in [0.1, 0.15) is 70.6 Å². The normalized spacial score (nSPS) is 23.5.